The lowest BCUT2D eigenvalue weighted by atomic mass is 10.2. The summed E-state index contributed by atoms with van der Waals surface area (Å²) in [4.78, 5) is 10.9. The fraction of sp³-hybridized carbons (Fsp3) is 0.188. The number of nitrogens with one attached hydrogen (secondary N) is 1. The molecule has 0 atom stereocenters. The minimum atomic E-state index is -3.73. The molecule has 0 heterocycles. The first kappa shape index (κ1) is 16.0. The maximum absolute atomic E-state index is 12.1. The van der Waals surface area contributed by atoms with Crippen molar-refractivity contribution in [2.24, 2.45) is 0 Å². The number of carbonyl (C=O) groups excluding carboxylic acids is 1. The zero-order valence-corrected chi connectivity index (χ0v) is 13.2. The molecule has 1 N–H and O–H groups in total. The van der Waals surface area contributed by atoms with Gasteiger partial charge in [0.1, 0.15) is 11.5 Å². The summed E-state index contributed by atoms with van der Waals surface area (Å²) in [7, 11) is -3.73. The third-order valence-electron chi connectivity index (χ3n) is 2.82. The van der Waals surface area contributed by atoms with Crippen LogP contribution < -0.4 is 9.50 Å². The van der Waals surface area contributed by atoms with Crippen LogP contribution in [0.25, 0.3) is 0 Å². The maximum Gasteiger partial charge on any atom is 0.313 e. The van der Waals surface area contributed by atoms with E-state index in [-0.39, 0.29) is 17.4 Å². The molecule has 0 spiro atoms. The second-order valence-corrected chi connectivity index (χ2v) is 6.55. The van der Waals surface area contributed by atoms with Crippen LogP contribution in [0.5, 0.6) is 5.75 Å². The molecule has 2 rings (SSSR count). The summed E-state index contributed by atoms with van der Waals surface area (Å²) in [5.74, 6) is -0.176. The van der Waals surface area contributed by atoms with Gasteiger partial charge in [-0.05, 0) is 36.8 Å². The van der Waals surface area contributed by atoms with Crippen molar-refractivity contribution in [1.29, 1.82) is 0 Å². The van der Waals surface area contributed by atoms with Crippen molar-refractivity contribution in [2.75, 3.05) is 5.32 Å². The zero-order chi connectivity index (χ0) is 16.2. The van der Waals surface area contributed by atoms with Gasteiger partial charge in [-0.2, -0.15) is 8.42 Å². The van der Waals surface area contributed by atoms with Crippen LogP contribution in [0, 0.1) is 6.92 Å². The average Bonchev–Trinajstić information content (AvgIpc) is 2.39. The number of carbonyl (C=O) groups is 1. The van der Waals surface area contributed by atoms with Crippen LogP contribution in [0.15, 0.2) is 48.5 Å². The van der Waals surface area contributed by atoms with Crippen molar-refractivity contribution in [1.82, 2.24) is 0 Å². The van der Waals surface area contributed by atoms with Crippen LogP contribution in [-0.4, -0.2) is 14.3 Å². The number of hydrogen-bond donors (Lipinski definition) is 1. The molecule has 22 heavy (non-hydrogen) atoms. The number of rotatable bonds is 5. The molecule has 0 aromatic heterocycles. The molecule has 0 saturated heterocycles. The van der Waals surface area contributed by atoms with E-state index in [1.807, 2.05) is 19.1 Å². The van der Waals surface area contributed by atoms with E-state index < -0.39 is 10.1 Å². The van der Waals surface area contributed by atoms with E-state index in [4.69, 9.17) is 4.18 Å². The second-order valence-electron chi connectivity index (χ2n) is 4.98. The highest BCUT2D eigenvalue weighted by atomic mass is 32.2. The molecule has 0 saturated carbocycles. The Kier molecular flexibility index (Phi) is 4.82. The van der Waals surface area contributed by atoms with Crippen molar-refractivity contribution in [2.45, 2.75) is 19.6 Å². The van der Waals surface area contributed by atoms with E-state index in [1.54, 1.807) is 24.3 Å². The van der Waals surface area contributed by atoms with Gasteiger partial charge in [-0.15, -0.1) is 0 Å². The summed E-state index contributed by atoms with van der Waals surface area (Å²) in [5, 5.41) is 2.60. The van der Waals surface area contributed by atoms with Gasteiger partial charge < -0.3 is 9.50 Å². The Labute approximate surface area is 130 Å². The third kappa shape index (κ3) is 4.89. The molecule has 2 aromatic carbocycles. The molecule has 0 fully saturated rings. The molecule has 0 radical (unpaired) electrons. The Hall–Kier alpha value is -2.34. The molecule has 0 aliphatic carbocycles. The summed E-state index contributed by atoms with van der Waals surface area (Å²) in [6, 6.07) is 13.4. The number of aryl methyl sites for hydroxylation is 1. The van der Waals surface area contributed by atoms with Crippen molar-refractivity contribution in [3.63, 3.8) is 0 Å². The standard InChI is InChI=1S/C16H17NO4S/c1-12-4-3-5-14(10-12)11-22(19,20)21-16-8-6-15(7-9-16)17-13(2)18/h3-10H,11H2,1-2H3,(H,17,18). The first-order valence-electron chi connectivity index (χ1n) is 6.69. The molecule has 0 bridgehead atoms. The number of anilines is 1. The Morgan fingerprint density at radius 3 is 2.41 bits per heavy atom. The topological polar surface area (TPSA) is 72.5 Å². The minimum Gasteiger partial charge on any atom is -0.382 e. The van der Waals surface area contributed by atoms with Gasteiger partial charge in [0, 0.05) is 12.6 Å². The molecule has 116 valence electrons. The molecule has 0 aliphatic heterocycles. The number of benzene rings is 2. The van der Waals surface area contributed by atoms with Gasteiger partial charge in [-0.3, -0.25) is 4.79 Å². The largest absolute Gasteiger partial charge is 0.382 e. The lowest BCUT2D eigenvalue weighted by Gasteiger charge is -2.08. The molecular formula is C16H17NO4S. The number of hydrogen-bond acceptors (Lipinski definition) is 4. The van der Waals surface area contributed by atoms with Crippen molar-refractivity contribution in [3.05, 3.63) is 59.7 Å². The van der Waals surface area contributed by atoms with E-state index in [2.05, 4.69) is 5.32 Å². The zero-order valence-electron chi connectivity index (χ0n) is 12.4. The van der Waals surface area contributed by atoms with Crippen LogP contribution in [-0.2, 0) is 20.7 Å². The number of amides is 1. The predicted molar refractivity (Wildman–Crippen MR) is 85.2 cm³/mol. The highest BCUT2D eigenvalue weighted by Gasteiger charge is 2.14. The normalized spacial score (nSPS) is 11.0. The molecule has 5 nitrogen and oxygen atoms in total. The SMILES string of the molecule is CC(=O)Nc1ccc(OS(=O)(=O)Cc2cccc(C)c2)cc1. The summed E-state index contributed by atoms with van der Waals surface area (Å²) in [6.07, 6.45) is 0. The van der Waals surface area contributed by atoms with Crippen molar-refractivity contribution in [3.8, 4) is 5.75 Å². The fourth-order valence-corrected chi connectivity index (χ4v) is 3.03. The quantitative estimate of drug-likeness (QED) is 0.860. The van der Waals surface area contributed by atoms with Gasteiger partial charge in [0.15, 0.2) is 0 Å². The average molecular weight is 319 g/mol. The first-order chi connectivity index (χ1) is 10.3. The molecule has 1 amide bonds. The van der Waals surface area contributed by atoms with Gasteiger partial charge >= 0.3 is 10.1 Å². The van der Waals surface area contributed by atoms with Crippen molar-refractivity contribution >= 4 is 21.7 Å². The predicted octanol–water partition coefficient (Wildman–Crippen LogP) is 2.86. The smallest absolute Gasteiger partial charge is 0.313 e. The van der Waals surface area contributed by atoms with Gasteiger partial charge in [0.25, 0.3) is 0 Å². The third-order valence-corrected chi connectivity index (χ3v) is 3.96. The van der Waals surface area contributed by atoms with E-state index >= 15 is 0 Å². The van der Waals surface area contributed by atoms with Gasteiger partial charge in [-0.25, -0.2) is 0 Å². The lowest BCUT2D eigenvalue weighted by molar-refractivity contribution is -0.114. The van der Waals surface area contributed by atoms with Crippen LogP contribution in [0.4, 0.5) is 5.69 Å². The molecular weight excluding hydrogens is 302 g/mol. The fourth-order valence-electron chi connectivity index (χ4n) is 1.98. The van der Waals surface area contributed by atoms with E-state index in [0.717, 1.165) is 5.56 Å². The summed E-state index contributed by atoms with van der Waals surface area (Å²) < 4.78 is 29.2. The molecule has 2 aromatic rings. The molecule has 6 heteroatoms. The van der Waals surface area contributed by atoms with Gasteiger partial charge in [-0.1, -0.05) is 29.8 Å². The Bertz CT molecular complexity index is 767. The monoisotopic (exact) mass is 319 g/mol. The van der Waals surface area contributed by atoms with Crippen LogP contribution in [0.1, 0.15) is 18.1 Å². The van der Waals surface area contributed by atoms with Gasteiger partial charge in [0.05, 0.1) is 0 Å². The summed E-state index contributed by atoms with van der Waals surface area (Å²) in [5.41, 5.74) is 2.25. The summed E-state index contributed by atoms with van der Waals surface area (Å²) >= 11 is 0. The van der Waals surface area contributed by atoms with E-state index in [9.17, 15) is 13.2 Å². The Morgan fingerprint density at radius 2 is 1.82 bits per heavy atom. The summed E-state index contributed by atoms with van der Waals surface area (Å²) in [6.45, 7) is 3.30. The van der Waals surface area contributed by atoms with Crippen LogP contribution in [0.2, 0.25) is 0 Å². The van der Waals surface area contributed by atoms with Crippen LogP contribution >= 0.6 is 0 Å². The lowest BCUT2D eigenvalue weighted by Crippen LogP contribution is -2.12. The maximum atomic E-state index is 12.1. The highest BCUT2D eigenvalue weighted by molar-refractivity contribution is 7.86. The molecule has 0 aliphatic rings. The molecule has 0 unspecified atom stereocenters. The first-order valence-corrected chi connectivity index (χ1v) is 8.27. The van der Waals surface area contributed by atoms with Gasteiger partial charge in [0.2, 0.25) is 5.91 Å². The Morgan fingerprint density at radius 1 is 1.14 bits per heavy atom. The van der Waals surface area contributed by atoms with E-state index in [1.165, 1.54) is 19.1 Å². The second kappa shape index (κ2) is 6.62. The Balaban J connectivity index is 2.06. The van der Waals surface area contributed by atoms with Crippen LogP contribution in [0.3, 0.4) is 0 Å². The highest BCUT2D eigenvalue weighted by Crippen LogP contribution is 2.19. The van der Waals surface area contributed by atoms with E-state index in [0.29, 0.717) is 11.3 Å². The minimum absolute atomic E-state index is 0.192. The van der Waals surface area contributed by atoms with Crippen molar-refractivity contribution < 1.29 is 17.4 Å².